The van der Waals surface area contributed by atoms with E-state index < -0.39 is 0 Å². The van der Waals surface area contributed by atoms with Gasteiger partial charge in [-0.15, -0.1) is 17.9 Å². The molecule has 2 aromatic rings. The number of hydrogen-bond acceptors (Lipinski definition) is 5. The molecule has 0 saturated heterocycles. The zero-order valence-corrected chi connectivity index (χ0v) is 24.6. The number of anilines is 1. The minimum Gasteiger partial charge on any atom is -0.377 e. The fourth-order valence-electron chi connectivity index (χ4n) is 2.37. The summed E-state index contributed by atoms with van der Waals surface area (Å²) in [5.41, 5.74) is 2.66. The van der Waals surface area contributed by atoms with Crippen molar-refractivity contribution in [3.8, 4) is 0 Å². The molecule has 0 radical (unpaired) electrons. The van der Waals surface area contributed by atoms with Gasteiger partial charge >= 0.3 is 0 Å². The molecule has 2 aromatic heterocycles. The van der Waals surface area contributed by atoms with Crippen LogP contribution in [0.4, 0.5) is 5.69 Å². The summed E-state index contributed by atoms with van der Waals surface area (Å²) in [5.74, 6) is 0. The summed E-state index contributed by atoms with van der Waals surface area (Å²) in [5, 5.41) is 7.92. The Morgan fingerprint density at radius 1 is 1.18 bits per heavy atom. The highest BCUT2D eigenvalue weighted by atomic mass is 32.1. The van der Waals surface area contributed by atoms with Crippen molar-refractivity contribution >= 4 is 39.9 Å². The molecule has 1 N–H and O–H groups in total. The lowest BCUT2D eigenvalue weighted by molar-refractivity contribution is 0.112. The summed E-state index contributed by atoms with van der Waals surface area (Å²) < 4.78 is 0. The fourth-order valence-corrected chi connectivity index (χ4v) is 3.20. The van der Waals surface area contributed by atoms with Crippen LogP contribution in [-0.2, 0) is 0 Å². The van der Waals surface area contributed by atoms with Crippen molar-refractivity contribution in [1.29, 1.82) is 5.41 Å². The van der Waals surface area contributed by atoms with E-state index >= 15 is 0 Å². The third kappa shape index (κ3) is 16.2. The molecule has 6 heteroatoms. The number of hydrogen-bond donors (Lipinski definition) is 1. The second-order valence-electron chi connectivity index (χ2n) is 8.26. The van der Waals surface area contributed by atoms with Crippen molar-refractivity contribution in [2.45, 2.75) is 75.2 Å². The average Bonchev–Trinajstić information content (AvgIpc) is 3.25. The van der Waals surface area contributed by atoms with Crippen molar-refractivity contribution in [2.75, 3.05) is 26.0 Å². The van der Waals surface area contributed by atoms with Crippen molar-refractivity contribution in [3.63, 3.8) is 0 Å². The summed E-state index contributed by atoms with van der Waals surface area (Å²) in [6, 6.07) is 3.83. The SMILES string of the molecule is C=CCC(C)(C)C.CC.CC.CC/C=C(\C)N(C)C=N.CN(C)c1ccnc2sc(C=O)cc12. The van der Waals surface area contributed by atoms with Gasteiger partial charge < -0.3 is 9.80 Å². The zero-order chi connectivity index (χ0) is 27.3. The van der Waals surface area contributed by atoms with Crippen molar-refractivity contribution < 1.29 is 4.79 Å². The molecule has 0 unspecified atom stereocenters. The maximum atomic E-state index is 10.6. The lowest BCUT2D eigenvalue weighted by Gasteiger charge is -2.13. The Morgan fingerprint density at radius 2 is 1.74 bits per heavy atom. The van der Waals surface area contributed by atoms with Crippen LogP contribution in [0.25, 0.3) is 10.2 Å². The minimum absolute atomic E-state index is 0.432. The number of rotatable bonds is 6. The van der Waals surface area contributed by atoms with Crippen molar-refractivity contribution in [3.05, 3.63) is 47.6 Å². The van der Waals surface area contributed by atoms with Crippen LogP contribution in [-0.4, -0.2) is 43.7 Å². The number of carbonyl (C=O) groups excluding carboxylic acids is 1. The standard InChI is InChI=1S/C10H10N2OS.C7H14N2.C7H14.2C2H6/c1-12(2)9-3-4-11-10-8(9)5-7(6-13)14-10;1-4-5-7(2)9(3)6-8;1-5-6-7(2,3)4;2*1-2/h3-6H,1-2H3;5-6,8H,4H2,1-3H3;5H,1,6H2,2-4H3;2*1-2H3/b;7-5+,8-6?;;;. The van der Waals surface area contributed by atoms with E-state index in [-0.39, 0.29) is 0 Å². The van der Waals surface area contributed by atoms with Crippen LogP contribution in [0.1, 0.15) is 84.8 Å². The maximum Gasteiger partial charge on any atom is 0.160 e. The minimum atomic E-state index is 0.432. The molecule has 0 bridgehead atoms. The molecular formula is C28H50N4OS. The maximum absolute atomic E-state index is 10.6. The molecule has 0 aliphatic carbocycles. The van der Waals surface area contributed by atoms with E-state index in [1.54, 1.807) is 11.1 Å². The van der Waals surface area contributed by atoms with E-state index in [2.05, 4.69) is 45.3 Å². The summed E-state index contributed by atoms with van der Waals surface area (Å²) in [4.78, 5) is 20.3. The number of pyridine rings is 1. The highest BCUT2D eigenvalue weighted by Crippen LogP contribution is 2.29. The van der Waals surface area contributed by atoms with Gasteiger partial charge in [-0.2, -0.15) is 0 Å². The molecule has 0 aliphatic rings. The third-order valence-corrected chi connectivity index (χ3v) is 5.00. The summed E-state index contributed by atoms with van der Waals surface area (Å²) in [6.45, 7) is 22.3. The van der Waals surface area contributed by atoms with Crippen LogP contribution in [0.3, 0.4) is 0 Å². The van der Waals surface area contributed by atoms with Crippen LogP contribution >= 0.6 is 11.3 Å². The lowest BCUT2D eigenvalue weighted by atomic mass is 9.93. The number of nitrogens with zero attached hydrogens (tertiary/aromatic N) is 3. The van der Waals surface area contributed by atoms with E-state index in [0.29, 0.717) is 5.41 Å². The van der Waals surface area contributed by atoms with E-state index in [0.717, 1.165) is 45.6 Å². The molecule has 0 aromatic carbocycles. The Morgan fingerprint density at radius 3 is 2.09 bits per heavy atom. The Kier molecular flexibility index (Phi) is 22.4. The fraction of sp³-hybridized carbons (Fsp3) is 0.536. The van der Waals surface area contributed by atoms with E-state index in [1.165, 1.54) is 17.7 Å². The number of carbonyl (C=O) groups is 1. The van der Waals surface area contributed by atoms with Crippen molar-refractivity contribution in [2.24, 2.45) is 5.41 Å². The predicted octanol–water partition coefficient (Wildman–Crippen LogP) is 8.67. The first kappa shape index (κ1) is 36.1. The van der Waals surface area contributed by atoms with Gasteiger partial charge in [-0.1, -0.05) is 67.5 Å². The molecule has 0 spiro atoms. The molecule has 0 aliphatic heterocycles. The number of aromatic nitrogens is 1. The summed E-state index contributed by atoms with van der Waals surface area (Å²) in [7, 11) is 5.83. The quantitative estimate of drug-likeness (QED) is 0.190. The molecule has 0 amide bonds. The van der Waals surface area contributed by atoms with Gasteiger partial charge in [-0.3, -0.25) is 10.2 Å². The smallest absolute Gasteiger partial charge is 0.160 e. The summed E-state index contributed by atoms with van der Waals surface area (Å²) >= 11 is 1.42. The molecule has 2 rings (SSSR count). The van der Waals surface area contributed by atoms with Gasteiger partial charge in [-0.25, -0.2) is 4.98 Å². The molecule has 5 nitrogen and oxygen atoms in total. The van der Waals surface area contributed by atoms with E-state index in [1.807, 2.05) is 78.9 Å². The topological polar surface area (TPSA) is 60.3 Å². The average molecular weight is 491 g/mol. The van der Waals surface area contributed by atoms with Crippen LogP contribution in [0.2, 0.25) is 0 Å². The monoisotopic (exact) mass is 490 g/mol. The van der Waals surface area contributed by atoms with E-state index in [9.17, 15) is 4.79 Å². The van der Waals surface area contributed by atoms with Crippen LogP contribution < -0.4 is 4.90 Å². The third-order valence-electron chi connectivity index (χ3n) is 4.04. The normalized spacial score (nSPS) is 9.94. The highest BCUT2D eigenvalue weighted by Gasteiger charge is 2.07. The van der Waals surface area contributed by atoms with E-state index in [4.69, 9.17) is 5.41 Å². The second kappa shape index (κ2) is 21.1. The first-order valence-electron chi connectivity index (χ1n) is 12.0. The predicted molar refractivity (Wildman–Crippen MR) is 157 cm³/mol. The molecule has 34 heavy (non-hydrogen) atoms. The van der Waals surface area contributed by atoms with Crippen molar-refractivity contribution in [1.82, 2.24) is 9.88 Å². The molecule has 2 heterocycles. The van der Waals surface area contributed by atoms with Gasteiger partial charge in [0.1, 0.15) is 4.83 Å². The number of fused-ring (bicyclic) bond motifs is 1. The van der Waals surface area contributed by atoms with Gasteiger partial charge in [0.15, 0.2) is 6.29 Å². The van der Waals surface area contributed by atoms with Gasteiger partial charge in [0.2, 0.25) is 0 Å². The largest absolute Gasteiger partial charge is 0.377 e. The first-order chi connectivity index (χ1) is 16.0. The number of thiophene rings is 1. The lowest BCUT2D eigenvalue weighted by Crippen LogP contribution is -2.11. The first-order valence-corrected chi connectivity index (χ1v) is 12.8. The zero-order valence-electron chi connectivity index (χ0n) is 23.8. The Balaban J connectivity index is -0.000000420. The Bertz CT molecular complexity index is 833. The molecule has 0 saturated carbocycles. The van der Waals surface area contributed by atoms with Crippen LogP contribution in [0.15, 0.2) is 42.8 Å². The second-order valence-corrected chi connectivity index (χ2v) is 9.32. The van der Waals surface area contributed by atoms with Crippen LogP contribution in [0.5, 0.6) is 0 Å². The van der Waals surface area contributed by atoms with Gasteiger partial charge in [0, 0.05) is 44.1 Å². The molecule has 0 atom stereocenters. The molecule has 194 valence electrons. The van der Waals surface area contributed by atoms with Gasteiger partial charge in [-0.05, 0) is 37.3 Å². The molecular weight excluding hydrogens is 440 g/mol. The number of aldehydes is 1. The Hall–Kier alpha value is -2.47. The molecule has 0 fully saturated rings. The number of nitrogens with one attached hydrogen (secondary N) is 1. The number of allylic oxidation sites excluding steroid dienone is 3. The van der Waals surface area contributed by atoms with Crippen LogP contribution in [0, 0.1) is 10.8 Å². The van der Waals surface area contributed by atoms with Gasteiger partial charge in [0.25, 0.3) is 0 Å². The summed E-state index contributed by atoms with van der Waals surface area (Å²) in [6.07, 6.45) is 10.1. The highest BCUT2D eigenvalue weighted by molar-refractivity contribution is 7.20. The Labute approximate surface area is 214 Å². The van der Waals surface area contributed by atoms with Gasteiger partial charge in [0.05, 0.1) is 11.2 Å².